The van der Waals surface area contributed by atoms with Crippen molar-refractivity contribution in [3.63, 3.8) is 0 Å². The molecule has 0 aromatic heterocycles. The van der Waals surface area contributed by atoms with Crippen LogP contribution in [0.25, 0.3) is 0 Å². The maximum absolute atomic E-state index is 8.74. The molecule has 12 heteroatoms. The molecule has 0 fully saturated rings. The molecule has 0 aliphatic carbocycles. The monoisotopic (exact) mass is 321 g/mol. The first kappa shape index (κ1) is 23.6. The molecule has 0 aromatic rings. The number of hydrogen-bond donors (Lipinski definition) is 3. The standard InChI is InChI=1S/Cu.K.Mn.H2O4S.H2O.3O.H/c;;;1-5(2,3)4;;;;;/h;;;(H2,1,2,3,4);1H2;;;;/q;;+1;;;;;;/p-1. The van der Waals surface area contributed by atoms with E-state index in [4.69, 9.17) is 33.2 Å². The van der Waals surface area contributed by atoms with E-state index < -0.39 is 23.4 Å². The van der Waals surface area contributed by atoms with Crippen molar-refractivity contribution in [2.45, 2.75) is 0 Å². The van der Waals surface area contributed by atoms with Crippen molar-refractivity contribution in [2.75, 3.05) is 0 Å². The van der Waals surface area contributed by atoms with Gasteiger partial charge in [0.1, 0.15) is 0 Å². The molecule has 3 N–H and O–H groups in total. The summed E-state index contributed by atoms with van der Waals surface area (Å²) in [4.78, 5) is 0. The molecule has 0 rings (SSSR count). The molecule has 0 bridgehead atoms. The zero-order valence-electron chi connectivity index (χ0n) is 4.47. The molecule has 0 saturated carbocycles. The third kappa shape index (κ3) is 390. The molecule has 1 radical (unpaired) electrons. The van der Waals surface area contributed by atoms with Crippen molar-refractivity contribution >= 4 is 61.8 Å². The summed E-state index contributed by atoms with van der Waals surface area (Å²) in [6, 6.07) is 0. The average molecular weight is 322 g/mol. The number of hydrogen-bond acceptors (Lipinski definition) is 5. The van der Waals surface area contributed by atoms with Crippen molar-refractivity contribution in [1.29, 1.82) is 0 Å². The Balaban J connectivity index is -0.0000000457. The zero-order chi connectivity index (χ0) is 9.00. The van der Waals surface area contributed by atoms with Crippen LogP contribution in [-0.4, -0.2) is 73.1 Å². The van der Waals surface area contributed by atoms with Crippen molar-refractivity contribution in [3.05, 3.63) is 0 Å². The Bertz CT molecular complexity index is 294. The van der Waals surface area contributed by atoms with Gasteiger partial charge in [0.25, 0.3) is 0 Å². The van der Waals surface area contributed by atoms with Crippen LogP contribution in [0.5, 0.6) is 0 Å². The van der Waals surface area contributed by atoms with E-state index in [-0.39, 0.29) is 68.5 Å². The Hall–Kier alpha value is 1.91. The third-order valence-corrected chi connectivity index (χ3v) is 0. The van der Waals surface area contributed by atoms with Gasteiger partial charge in [0.15, 0.2) is 0 Å². The van der Waals surface area contributed by atoms with Crippen molar-refractivity contribution in [2.24, 2.45) is 0 Å². The molecule has 0 aromatic carbocycles. The predicted molar refractivity (Wildman–Crippen MR) is 25.6 cm³/mol. The van der Waals surface area contributed by atoms with Crippen molar-refractivity contribution in [1.82, 2.24) is 0 Å². The van der Waals surface area contributed by atoms with E-state index in [1.165, 1.54) is 0 Å². The summed E-state index contributed by atoms with van der Waals surface area (Å²) in [5.74, 6) is 0. The fraction of sp³-hybridized carbons (Fsp3) is 0. The molecule has 8 nitrogen and oxygen atoms in total. The Kier molecular flexibility index (Phi) is 18.6. The second kappa shape index (κ2) is 9.46. The predicted octanol–water partition coefficient (Wildman–Crippen LogP) is -2.22. The van der Waals surface area contributed by atoms with E-state index in [0.717, 1.165) is 0 Å². The first-order valence-corrected chi connectivity index (χ1v) is 4.70. The van der Waals surface area contributed by atoms with Gasteiger partial charge in [-0.25, -0.2) is 0 Å². The third-order valence-electron chi connectivity index (χ3n) is 0. The molecule has 0 saturated heterocycles. The van der Waals surface area contributed by atoms with Gasteiger partial charge in [0.2, 0.25) is 0 Å². The van der Waals surface area contributed by atoms with Crippen molar-refractivity contribution < 1.29 is 63.3 Å². The minimum absolute atomic E-state index is 0. The average Bonchev–Trinajstić information content (AvgIpc) is 1.12. The van der Waals surface area contributed by atoms with Crippen LogP contribution >= 0.6 is 0 Å². The van der Waals surface area contributed by atoms with Crippen LogP contribution in [0.1, 0.15) is 0 Å². The maximum atomic E-state index is 8.74. The van der Waals surface area contributed by atoms with Gasteiger partial charge >= 0.3 is 90.4 Å². The van der Waals surface area contributed by atoms with Gasteiger partial charge in [-0.1, -0.05) is 0 Å². The molecule has 77 valence electrons. The van der Waals surface area contributed by atoms with Gasteiger partial charge in [-0.2, -0.15) is 8.42 Å². The quantitative estimate of drug-likeness (QED) is 0.336. The van der Waals surface area contributed by atoms with Gasteiger partial charge < -0.3 is 0 Å². The van der Waals surface area contributed by atoms with E-state index in [0.29, 0.717) is 0 Å². The van der Waals surface area contributed by atoms with Crippen LogP contribution in [-0.2, 0) is 51.9 Å². The molecule has 0 heterocycles. The van der Waals surface area contributed by atoms with E-state index in [1.54, 1.807) is 0 Å². The normalized spacial score (nSPS) is 9.58. The first-order valence-electron chi connectivity index (χ1n) is 1.33. The number of rotatable bonds is 0. The summed E-state index contributed by atoms with van der Waals surface area (Å²) in [6.45, 7) is 0. The zero-order valence-corrected chi connectivity index (χ0v) is 7.41. The van der Waals surface area contributed by atoms with Gasteiger partial charge in [-0.15, -0.1) is 0 Å². The molecule has 0 aliphatic heterocycles. The minimum atomic E-state index is -5.38. The molecule has 0 spiro atoms. The van der Waals surface area contributed by atoms with E-state index in [1.807, 2.05) is 0 Å². The Labute approximate surface area is 123 Å². The topological polar surface area (TPSA) is 146 Å². The molecule has 0 aliphatic rings. The van der Waals surface area contributed by atoms with Gasteiger partial charge in [-0.05, 0) is 0 Å². The summed E-state index contributed by atoms with van der Waals surface area (Å²) in [5, 5.41) is 0. The van der Waals surface area contributed by atoms with E-state index in [9.17, 15) is 0 Å². The molecule has 12 heavy (non-hydrogen) atoms. The summed E-state index contributed by atoms with van der Waals surface area (Å²) < 4.78 is 64.6. The summed E-state index contributed by atoms with van der Waals surface area (Å²) in [6.07, 6.45) is 0. The summed E-state index contributed by atoms with van der Waals surface area (Å²) >= 11 is -5.38. The van der Waals surface area contributed by atoms with Gasteiger partial charge in [0.05, 0.1) is 0 Å². The van der Waals surface area contributed by atoms with Crippen LogP contribution in [0, 0.1) is 0 Å². The van der Waals surface area contributed by atoms with Crippen LogP contribution in [0.3, 0.4) is 0 Å². The van der Waals surface area contributed by atoms with Gasteiger partial charge in [0, 0.05) is 17.1 Å². The molecule has 0 unspecified atom stereocenters. The second-order valence-electron chi connectivity index (χ2n) is 0.844. The Morgan fingerprint density at radius 1 is 1.00 bits per heavy atom. The molecule has 0 atom stereocenters. The van der Waals surface area contributed by atoms with Crippen LogP contribution in [0.4, 0.5) is 0 Å². The van der Waals surface area contributed by atoms with Crippen LogP contribution < -0.4 is 0 Å². The van der Waals surface area contributed by atoms with Crippen molar-refractivity contribution in [3.8, 4) is 0 Å². The van der Waals surface area contributed by atoms with Crippen LogP contribution in [0.2, 0.25) is 0 Å². The molecular weight excluding hydrogens is 318 g/mol. The van der Waals surface area contributed by atoms with Gasteiger partial charge in [-0.3, -0.25) is 9.11 Å². The van der Waals surface area contributed by atoms with E-state index >= 15 is 0 Å². The Morgan fingerprint density at radius 2 is 1.00 bits per heavy atom. The fourth-order valence-electron chi connectivity index (χ4n) is 0. The summed E-state index contributed by atoms with van der Waals surface area (Å²) in [5.41, 5.74) is 0. The second-order valence-corrected chi connectivity index (χ2v) is 2.98. The van der Waals surface area contributed by atoms with Crippen LogP contribution in [0.15, 0.2) is 0 Å². The summed E-state index contributed by atoms with van der Waals surface area (Å²) in [7, 11) is -4.67. The van der Waals surface area contributed by atoms with E-state index in [2.05, 4.69) is 0 Å². The molecule has 0 amide bonds. The SMILES string of the molecule is O=S(=O)(O)O.[Cu].[KH].[O]=[Mn](=[O])(=[O])[OH]. The fourth-order valence-corrected chi connectivity index (χ4v) is 0. The first-order chi connectivity index (χ1) is 4.00. The Morgan fingerprint density at radius 3 is 1.00 bits per heavy atom. The molecular formula is H4CuKMnO8S.